The molecular formula is C16H21N3O3. The number of nitro groups is 1. The zero-order valence-corrected chi connectivity index (χ0v) is 12.8. The maximum atomic E-state index is 11.5. The molecule has 118 valence electrons. The van der Waals surface area contributed by atoms with E-state index in [0.717, 1.165) is 44.6 Å². The number of nitrogens with zero attached hydrogens (tertiary/aromatic N) is 3. The van der Waals surface area contributed by atoms with E-state index in [9.17, 15) is 14.9 Å². The smallest absolute Gasteiger partial charge is 0.273 e. The number of carbonyl (C=O) groups is 1. The van der Waals surface area contributed by atoms with Crippen molar-refractivity contribution in [3.63, 3.8) is 0 Å². The van der Waals surface area contributed by atoms with Crippen molar-refractivity contribution in [1.29, 1.82) is 0 Å². The quantitative estimate of drug-likeness (QED) is 0.633. The monoisotopic (exact) mass is 303 g/mol. The first-order valence-electron chi connectivity index (χ1n) is 7.69. The molecule has 0 bridgehead atoms. The Labute approximate surface area is 129 Å². The molecule has 3 rings (SSSR count). The number of benzene rings is 1. The van der Waals surface area contributed by atoms with Crippen molar-refractivity contribution in [1.82, 2.24) is 9.80 Å². The fourth-order valence-electron chi connectivity index (χ4n) is 3.76. The molecule has 1 aromatic rings. The lowest BCUT2D eigenvalue weighted by atomic mass is 9.86. The van der Waals surface area contributed by atoms with Gasteiger partial charge in [0.2, 0.25) is 5.91 Å². The maximum absolute atomic E-state index is 11.5. The van der Waals surface area contributed by atoms with Gasteiger partial charge in [0, 0.05) is 50.1 Å². The predicted molar refractivity (Wildman–Crippen MR) is 82.3 cm³/mol. The summed E-state index contributed by atoms with van der Waals surface area (Å²) in [5.41, 5.74) is 1.15. The van der Waals surface area contributed by atoms with E-state index in [2.05, 4.69) is 4.90 Å². The second-order valence-corrected chi connectivity index (χ2v) is 6.54. The molecule has 6 nitrogen and oxygen atoms in total. The van der Waals surface area contributed by atoms with Gasteiger partial charge >= 0.3 is 0 Å². The highest BCUT2D eigenvalue weighted by atomic mass is 16.6. The molecule has 2 saturated heterocycles. The molecule has 22 heavy (non-hydrogen) atoms. The summed E-state index contributed by atoms with van der Waals surface area (Å²) in [5, 5.41) is 11.1. The van der Waals surface area contributed by atoms with Crippen molar-refractivity contribution in [2.75, 3.05) is 26.2 Å². The number of nitro benzene ring substituents is 1. The highest BCUT2D eigenvalue weighted by molar-refractivity contribution is 5.73. The van der Waals surface area contributed by atoms with Crippen LogP contribution >= 0.6 is 0 Å². The Bertz CT molecular complexity index is 604. The highest BCUT2D eigenvalue weighted by Crippen LogP contribution is 2.40. The molecule has 1 amide bonds. The summed E-state index contributed by atoms with van der Waals surface area (Å²) < 4.78 is 0. The topological polar surface area (TPSA) is 66.7 Å². The van der Waals surface area contributed by atoms with E-state index in [4.69, 9.17) is 0 Å². The van der Waals surface area contributed by atoms with Crippen molar-refractivity contribution in [2.45, 2.75) is 26.3 Å². The first-order chi connectivity index (χ1) is 10.5. The Morgan fingerprint density at radius 3 is 2.68 bits per heavy atom. The van der Waals surface area contributed by atoms with Gasteiger partial charge in [0.15, 0.2) is 0 Å². The third kappa shape index (κ3) is 2.83. The number of likely N-dealkylation sites (tertiary alicyclic amines) is 2. The van der Waals surface area contributed by atoms with Gasteiger partial charge in [-0.05, 0) is 19.4 Å². The van der Waals surface area contributed by atoms with Gasteiger partial charge in [0.25, 0.3) is 5.69 Å². The van der Waals surface area contributed by atoms with E-state index in [-0.39, 0.29) is 21.9 Å². The molecule has 2 aliphatic rings. The van der Waals surface area contributed by atoms with Crippen LogP contribution in [0.2, 0.25) is 0 Å². The number of carbonyl (C=O) groups excluding carboxylic acids is 1. The first kappa shape index (κ1) is 15.0. The normalized spacial score (nSPS) is 25.0. The Morgan fingerprint density at radius 2 is 2.00 bits per heavy atom. The van der Waals surface area contributed by atoms with E-state index in [1.165, 1.54) is 0 Å². The molecule has 1 aromatic carbocycles. The molecule has 0 saturated carbocycles. The molecule has 1 spiro atoms. The molecule has 2 heterocycles. The number of para-hydroxylation sites is 1. The minimum atomic E-state index is -0.311. The van der Waals surface area contributed by atoms with Gasteiger partial charge in [-0.3, -0.25) is 19.8 Å². The van der Waals surface area contributed by atoms with Crippen molar-refractivity contribution in [2.24, 2.45) is 5.41 Å². The van der Waals surface area contributed by atoms with E-state index in [1.807, 2.05) is 17.0 Å². The molecular weight excluding hydrogens is 282 g/mol. The molecule has 0 radical (unpaired) electrons. The number of hydrogen-bond donors (Lipinski definition) is 0. The van der Waals surface area contributed by atoms with Gasteiger partial charge in [0.1, 0.15) is 0 Å². The molecule has 0 aliphatic carbocycles. The first-order valence-corrected chi connectivity index (χ1v) is 7.69. The Morgan fingerprint density at radius 1 is 1.27 bits per heavy atom. The minimum absolute atomic E-state index is 0.147. The summed E-state index contributed by atoms with van der Waals surface area (Å²) >= 11 is 0. The zero-order chi connectivity index (χ0) is 15.7. The van der Waals surface area contributed by atoms with E-state index in [0.29, 0.717) is 6.54 Å². The van der Waals surface area contributed by atoms with Gasteiger partial charge in [-0.2, -0.15) is 0 Å². The van der Waals surface area contributed by atoms with Crippen molar-refractivity contribution in [3.8, 4) is 0 Å². The van der Waals surface area contributed by atoms with Crippen LogP contribution in [-0.4, -0.2) is 46.8 Å². The maximum Gasteiger partial charge on any atom is 0.273 e. The van der Waals surface area contributed by atoms with Crippen molar-refractivity contribution in [3.05, 3.63) is 39.9 Å². The van der Waals surface area contributed by atoms with Crippen LogP contribution in [0.25, 0.3) is 0 Å². The van der Waals surface area contributed by atoms with E-state index in [1.54, 1.807) is 19.1 Å². The fraction of sp³-hybridized carbons (Fsp3) is 0.562. The predicted octanol–water partition coefficient (Wildman–Crippen LogP) is 2.04. The van der Waals surface area contributed by atoms with Gasteiger partial charge in [-0.1, -0.05) is 18.2 Å². The summed E-state index contributed by atoms with van der Waals surface area (Å²) in [7, 11) is 0. The Balaban J connectivity index is 1.67. The van der Waals surface area contributed by atoms with E-state index < -0.39 is 0 Å². The lowest BCUT2D eigenvalue weighted by molar-refractivity contribution is -0.385. The van der Waals surface area contributed by atoms with Crippen molar-refractivity contribution >= 4 is 11.6 Å². The second kappa shape index (κ2) is 5.68. The third-order valence-electron chi connectivity index (χ3n) is 4.98. The van der Waals surface area contributed by atoms with E-state index >= 15 is 0 Å². The molecule has 0 N–H and O–H groups in total. The average molecular weight is 303 g/mol. The average Bonchev–Trinajstić information content (AvgIpc) is 3.07. The molecule has 2 fully saturated rings. The fourth-order valence-corrected chi connectivity index (χ4v) is 3.76. The van der Waals surface area contributed by atoms with Gasteiger partial charge in [-0.25, -0.2) is 0 Å². The van der Waals surface area contributed by atoms with Gasteiger partial charge in [0.05, 0.1) is 4.92 Å². The SMILES string of the molecule is CC(=O)N1CC[C@]2(CCN(Cc3ccccc3[N+](=O)[O-])C2)C1. The summed E-state index contributed by atoms with van der Waals surface area (Å²) in [6, 6.07) is 6.95. The van der Waals surface area contributed by atoms with Crippen LogP contribution in [0.1, 0.15) is 25.3 Å². The zero-order valence-electron chi connectivity index (χ0n) is 12.8. The summed E-state index contributed by atoms with van der Waals surface area (Å²) in [5.74, 6) is 0.147. The van der Waals surface area contributed by atoms with Crippen LogP contribution in [0, 0.1) is 15.5 Å². The third-order valence-corrected chi connectivity index (χ3v) is 4.98. The van der Waals surface area contributed by atoms with Crippen LogP contribution in [0.3, 0.4) is 0 Å². The Kier molecular flexibility index (Phi) is 3.87. The lowest BCUT2D eigenvalue weighted by Gasteiger charge is -2.24. The molecule has 1 atom stereocenters. The number of rotatable bonds is 3. The summed E-state index contributed by atoms with van der Waals surface area (Å²) in [4.78, 5) is 26.5. The van der Waals surface area contributed by atoms with Crippen LogP contribution in [-0.2, 0) is 11.3 Å². The standard InChI is InChI=1S/C16H21N3O3/c1-13(20)18-9-7-16(12-18)6-8-17(11-16)10-14-4-2-3-5-15(14)19(21)22/h2-5H,6-12H2,1H3/t16-/m0/s1. The minimum Gasteiger partial charge on any atom is -0.342 e. The van der Waals surface area contributed by atoms with Gasteiger partial charge in [-0.15, -0.1) is 0 Å². The highest BCUT2D eigenvalue weighted by Gasteiger charge is 2.44. The number of amides is 1. The Hall–Kier alpha value is -1.95. The number of hydrogen-bond acceptors (Lipinski definition) is 4. The summed E-state index contributed by atoms with van der Waals surface area (Å²) in [6.45, 7) is 5.77. The van der Waals surface area contributed by atoms with Crippen molar-refractivity contribution < 1.29 is 9.72 Å². The van der Waals surface area contributed by atoms with Crippen LogP contribution < -0.4 is 0 Å². The van der Waals surface area contributed by atoms with Gasteiger partial charge < -0.3 is 4.90 Å². The van der Waals surface area contributed by atoms with Crippen LogP contribution in [0.15, 0.2) is 24.3 Å². The lowest BCUT2D eigenvalue weighted by Crippen LogP contribution is -2.32. The second-order valence-electron chi connectivity index (χ2n) is 6.54. The molecule has 2 aliphatic heterocycles. The summed E-state index contributed by atoms with van der Waals surface area (Å²) in [6.07, 6.45) is 2.11. The van der Waals surface area contributed by atoms with Crippen LogP contribution in [0.5, 0.6) is 0 Å². The molecule has 0 unspecified atom stereocenters. The van der Waals surface area contributed by atoms with Crippen LogP contribution in [0.4, 0.5) is 5.69 Å². The molecule has 6 heteroatoms. The molecule has 0 aromatic heterocycles. The largest absolute Gasteiger partial charge is 0.342 e.